The van der Waals surface area contributed by atoms with Gasteiger partial charge in [-0.3, -0.25) is 9.59 Å². The first-order valence-electron chi connectivity index (χ1n) is 10.5. The van der Waals surface area contributed by atoms with E-state index in [0.29, 0.717) is 41.5 Å². The first-order valence-corrected chi connectivity index (χ1v) is 11.3. The van der Waals surface area contributed by atoms with Crippen LogP contribution in [-0.2, 0) is 24.2 Å². The maximum Gasteiger partial charge on any atom is 0.221 e. The number of hydrogen-bond donors (Lipinski definition) is 2. The molecule has 0 spiro atoms. The Kier molecular flexibility index (Phi) is 5.95. The maximum atomic E-state index is 12.3. The molecule has 0 unspecified atom stereocenters. The van der Waals surface area contributed by atoms with Crippen molar-refractivity contribution in [2.75, 3.05) is 5.73 Å². The average Bonchev–Trinajstić information content (AvgIpc) is 3.26. The number of nitrogens with one attached hydrogen (secondary N) is 1. The number of ketones is 1. The standard InChI is InChI=1S/C22H26N6O2S/c1-4-13-9-14-5-6-16(29)15(14)10-17(13)31-22-27-19-20(23)24-11-25-21(19)28(22)8-7-18(30)26-12(2)3/h9-12H,4-8H2,1-3H3,(H,26,30)(H2,23,24,25). The van der Waals surface area contributed by atoms with Crippen LogP contribution in [0.3, 0.4) is 0 Å². The number of benzene rings is 1. The molecule has 1 aromatic carbocycles. The molecule has 0 fully saturated rings. The number of fused-ring (bicyclic) bond motifs is 2. The summed E-state index contributed by atoms with van der Waals surface area (Å²) in [5.41, 5.74) is 10.3. The van der Waals surface area contributed by atoms with Gasteiger partial charge >= 0.3 is 0 Å². The normalized spacial score (nSPS) is 13.2. The van der Waals surface area contributed by atoms with E-state index in [1.54, 1.807) is 0 Å². The van der Waals surface area contributed by atoms with Crippen molar-refractivity contribution in [3.05, 3.63) is 35.2 Å². The lowest BCUT2D eigenvalue weighted by atomic mass is 10.0. The van der Waals surface area contributed by atoms with Gasteiger partial charge in [-0.15, -0.1) is 0 Å². The van der Waals surface area contributed by atoms with Gasteiger partial charge in [0.25, 0.3) is 0 Å². The molecule has 0 atom stereocenters. The number of rotatable bonds is 7. The summed E-state index contributed by atoms with van der Waals surface area (Å²) in [6.07, 6.45) is 3.93. The van der Waals surface area contributed by atoms with Crippen LogP contribution in [0.15, 0.2) is 28.5 Å². The summed E-state index contributed by atoms with van der Waals surface area (Å²) >= 11 is 1.48. The number of nitrogens with two attached hydrogens (primary N) is 1. The lowest BCUT2D eigenvalue weighted by molar-refractivity contribution is -0.121. The minimum Gasteiger partial charge on any atom is -0.382 e. The molecule has 8 nitrogen and oxygen atoms in total. The first-order chi connectivity index (χ1) is 14.9. The van der Waals surface area contributed by atoms with Gasteiger partial charge in [0.2, 0.25) is 5.91 Å². The van der Waals surface area contributed by atoms with Crippen LogP contribution in [0.2, 0.25) is 0 Å². The van der Waals surface area contributed by atoms with Crippen LogP contribution in [-0.4, -0.2) is 37.3 Å². The average molecular weight is 439 g/mol. The van der Waals surface area contributed by atoms with E-state index in [1.165, 1.54) is 23.7 Å². The summed E-state index contributed by atoms with van der Waals surface area (Å²) < 4.78 is 1.91. The van der Waals surface area contributed by atoms with Crippen molar-refractivity contribution in [2.24, 2.45) is 0 Å². The van der Waals surface area contributed by atoms with Gasteiger partial charge in [0.15, 0.2) is 27.9 Å². The zero-order chi connectivity index (χ0) is 22.1. The SMILES string of the molecule is CCc1cc2c(cc1Sc1nc3c(N)ncnc3n1CCC(=O)NC(C)C)C(=O)CC2. The molecule has 162 valence electrons. The molecule has 1 amide bonds. The molecule has 31 heavy (non-hydrogen) atoms. The third-order valence-corrected chi connectivity index (χ3v) is 6.42. The molecule has 9 heteroatoms. The summed E-state index contributed by atoms with van der Waals surface area (Å²) in [4.78, 5) is 38.6. The molecule has 0 bridgehead atoms. The number of amides is 1. The maximum absolute atomic E-state index is 12.3. The number of anilines is 1. The second kappa shape index (κ2) is 8.66. The van der Waals surface area contributed by atoms with E-state index >= 15 is 0 Å². The number of imidazole rings is 1. The zero-order valence-electron chi connectivity index (χ0n) is 17.9. The van der Waals surface area contributed by atoms with Crippen LogP contribution in [0.25, 0.3) is 11.2 Å². The second-order valence-electron chi connectivity index (χ2n) is 7.95. The first kappa shape index (κ1) is 21.3. The fraction of sp³-hybridized carbons (Fsp3) is 0.409. The van der Waals surface area contributed by atoms with Crippen molar-refractivity contribution in [2.45, 2.75) is 69.1 Å². The monoisotopic (exact) mass is 438 g/mol. The van der Waals surface area contributed by atoms with E-state index in [-0.39, 0.29) is 17.7 Å². The van der Waals surface area contributed by atoms with Gasteiger partial charge < -0.3 is 15.6 Å². The van der Waals surface area contributed by atoms with Crippen molar-refractivity contribution >= 4 is 40.4 Å². The van der Waals surface area contributed by atoms with Gasteiger partial charge in [-0.25, -0.2) is 15.0 Å². The van der Waals surface area contributed by atoms with Gasteiger partial charge in [0.05, 0.1) is 0 Å². The fourth-order valence-corrected chi connectivity index (χ4v) is 4.95. The molecule has 1 aliphatic carbocycles. The van der Waals surface area contributed by atoms with Gasteiger partial charge in [-0.2, -0.15) is 0 Å². The number of aryl methyl sites for hydroxylation is 3. The van der Waals surface area contributed by atoms with Crippen LogP contribution >= 0.6 is 11.8 Å². The Morgan fingerprint density at radius 1 is 1.29 bits per heavy atom. The summed E-state index contributed by atoms with van der Waals surface area (Å²) in [5, 5.41) is 3.59. The molecule has 0 aliphatic heterocycles. The Hall–Kier alpha value is -2.94. The molecule has 2 heterocycles. The number of nitrogens with zero attached hydrogens (tertiary/aromatic N) is 4. The third-order valence-electron chi connectivity index (χ3n) is 5.33. The highest BCUT2D eigenvalue weighted by molar-refractivity contribution is 7.99. The highest BCUT2D eigenvalue weighted by Crippen LogP contribution is 2.36. The number of Topliss-reactive ketones (excluding diaryl/α,β-unsaturated/α-hetero) is 1. The highest BCUT2D eigenvalue weighted by atomic mass is 32.2. The zero-order valence-corrected chi connectivity index (χ0v) is 18.8. The van der Waals surface area contributed by atoms with E-state index in [1.807, 2.05) is 24.5 Å². The molecule has 0 radical (unpaired) electrons. The molecular formula is C22H26N6O2S. The largest absolute Gasteiger partial charge is 0.382 e. The quantitative estimate of drug-likeness (QED) is 0.582. The van der Waals surface area contributed by atoms with E-state index in [0.717, 1.165) is 28.9 Å². The Labute approximate surface area is 185 Å². The number of nitrogen functional groups attached to an aromatic ring is 1. The lowest BCUT2D eigenvalue weighted by Gasteiger charge is -2.13. The summed E-state index contributed by atoms with van der Waals surface area (Å²) in [6, 6.07) is 4.20. The molecule has 0 saturated heterocycles. The van der Waals surface area contributed by atoms with E-state index < -0.39 is 0 Å². The smallest absolute Gasteiger partial charge is 0.221 e. The number of hydrogen-bond acceptors (Lipinski definition) is 7. The molecule has 3 aromatic rings. The summed E-state index contributed by atoms with van der Waals surface area (Å²) in [6.45, 7) is 6.38. The third kappa shape index (κ3) is 4.27. The second-order valence-corrected chi connectivity index (χ2v) is 8.95. The lowest BCUT2D eigenvalue weighted by Crippen LogP contribution is -2.30. The summed E-state index contributed by atoms with van der Waals surface area (Å²) in [7, 11) is 0. The molecule has 0 saturated carbocycles. The van der Waals surface area contributed by atoms with Crippen LogP contribution < -0.4 is 11.1 Å². The number of carbonyl (C=O) groups excluding carboxylic acids is 2. The van der Waals surface area contributed by atoms with Crippen molar-refractivity contribution in [1.82, 2.24) is 24.8 Å². The summed E-state index contributed by atoms with van der Waals surface area (Å²) in [5.74, 6) is 0.456. The van der Waals surface area contributed by atoms with Crippen LogP contribution in [0.4, 0.5) is 5.82 Å². The van der Waals surface area contributed by atoms with E-state index in [4.69, 9.17) is 10.7 Å². The Morgan fingerprint density at radius 3 is 2.84 bits per heavy atom. The Bertz CT molecular complexity index is 1170. The van der Waals surface area contributed by atoms with Crippen LogP contribution in [0.5, 0.6) is 0 Å². The Morgan fingerprint density at radius 2 is 2.10 bits per heavy atom. The van der Waals surface area contributed by atoms with Crippen LogP contribution in [0, 0.1) is 0 Å². The van der Waals surface area contributed by atoms with Gasteiger partial charge in [0.1, 0.15) is 6.33 Å². The number of carbonyl (C=O) groups is 2. The molecule has 4 rings (SSSR count). The molecule has 1 aliphatic rings. The number of aromatic nitrogens is 4. The minimum atomic E-state index is -0.0350. The molecule has 2 aromatic heterocycles. The van der Waals surface area contributed by atoms with Gasteiger partial charge in [-0.1, -0.05) is 24.8 Å². The van der Waals surface area contributed by atoms with Gasteiger partial charge in [-0.05, 0) is 43.9 Å². The van der Waals surface area contributed by atoms with Crippen molar-refractivity contribution < 1.29 is 9.59 Å². The molecule has 3 N–H and O–H groups in total. The Balaban J connectivity index is 1.72. The fourth-order valence-electron chi connectivity index (χ4n) is 3.82. The van der Waals surface area contributed by atoms with Gasteiger partial charge in [0, 0.05) is 35.9 Å². The highest BCUT2D eigenvalue weighted by Gasteiger charge is 2.23. The minimum absolute atomic E-state index is 0.0350. The predicted octanol–water partition coefficient (Wildman–Crippen LogP) is 3.17. The topological polar surface area (TPSA) is 116 Å². The van der Waals surface area contributed by atoms with E-state index in [2.05, 4.69) is 28.3 Å². The van der Waals surface area contributed by atoms with Crippen molar-refractivity contribution in [3.63, 3.8) is 0 Å². The van der Waals surface area contributed by atoms with Crippen molar-refractivity contribution in [1.29, 1.82) is 0 Å². The van der Waals surface area contributed by atoms with Crippen LogP contribution in [0.1, 0.15) is 55.1 Å². The molecular weight excluding hydrogens is 412 g/mol. The predicted molar refractivity (Wildman–Crippen MR) is 120 cm³/mol. The van der Waals surface area contributed by atoms with Crippen molar-refractivity contribution in [3.8, 4) is 0 Å². The van der Waals surface area contributed by atoms with E-state index in [9.17, 15) is 9.59 Å².